The predicted octanol–water partition coefficient (Wildman–Crippen LogP) is 1.97. The lowest BCUT2D eigenvalue weighted by atomic mass is 10.2. The highest BCUT2D eigenvalue weighted by molar-refractivity contribution is 4.94. The lowest BCUT2D eigenvalue weighted by Gasteiger charge is -2.04. The van der Waals surface area contributed by atoms with Gasteiger partial charge < -0.3 is 5.32 Å². The summed E-state index contributed by atoms with van der Waals surface area (Å²) in [4.78, 5) is 0. The van der Waals surface area contributed by atoms with Crippen molar-refractivity contribution in [3.8, 4) is 0 Å². The van der Waals surface area contributed by atoms with E-state index >= 15 is 0 Å². The van der Waals surface area contributed by atoms with Crippen LogP contribution in [0.2, 0.25) is 0 Å². The molecule has 0 saturated heterocycles. The van der Waals surface area contributed by atoms with Crippen LogP contribution in [0.15, 0.2) is 12.3 Å². The molecule has 0 aliphatic heterocycles. The van der Waals surface area contributed by atoms with Crippen molar-refractivity contribution in [2.24, 2.45) is 0 Å². The van der Waals surface area contributed by atoms with Crippen LogP contribution in [0.25, 0.3) is 0 Å². The van der Waals surface area contributed by atoms with Crippen molar-refractivity contribution in [2.75, 3.05) is 13.1 Å². The van der Waals surface area contributed by atoms with Gasteiger partial charge in [0.25, 0.3) is 0 Å². The lowest BCUT2D eigenvalue weighted by molar-refractivity contribution is 0.537. The zero-order valence-corrected chi connectivity index (χ0v) is 9.29. The van der Waals surface area contributed by atoms with Gasteiger partial charge in [-0.25, -0.2) is 0 Å². The molecule has 1 aromatic heterocycles. The van der Waals surface area contributed by atoms with Gasteiger partial charge >= 0.3 is 0 Å². The molecular formula is C11H21N3. The molecule has 0 unspecified atom stereocenters. The Hall–Kier alpha value is -0.830. The van der Waals surface area contributed by atoms with Crippen LogP contribution in [0.4, 0.5) is 0 Å². The molecule has 0 aliphatic rings. The number of hydrogen-bond donors (Lipinski definition) is 1. The average molecular weight is 195 g/mol. The van der Waals surface area contributed by atoms with E-state index in [1.165, 1.54) is 19.3 Å². The average Bonchev–Trinajstić information content (AvgIpc) is 2.58. The molecular weight excluding hydrogens is 174 g/mol. The van der Waals surface area contributed by atoms with E-state index in [1.807, 2.05) is 23.9 Å². The summed E-state index contributed by atoms with van der Waals surface area (Å²) >= 11 is 0. The Morgan fingerprint density at radius 1 is 1.36 bits per heavy atom. The SMILES string of the molecule is CCCCCNCCn1ccc(C)n1. The van der Waals surface area contributed by atoms with Gasteiger partial charge in [0, 0.05) is 12.7 Å². The van der Waals surface area contributed by atoms with Crippen LogP contribution in [0.3, 0.4) is 0 Å². The molecule has 0 aliphatic carbocycles. The van der Waals surface area contributed by atoms with E-state index in [0.717, 1.165) is 25.3 Å². The van der Waals surface area contributed by atoms with Crippen molar-refractivity contribution >= 4 is 0 Å². The highest BCUT2D eigenvalue weighted by Gasteiger charge is 1.93. The van der Waals surface area contributed by atoms with Crippen LogP contribution in [-0.4, -0.2) is 22.9 Å². The second-order valence-electron chi connectivity index (χ2n) is 3.68. The summed E-state index contributed by atoms with van der Waals surface area (Å²) in [5.74, 6) is 0. The predicted molar refractivity (Wildman–Crippen MR) is 59.4 cm³/mol. The first-order valence-electron chi connectivity index (χ1n) is 5.53. The van der Waals surface area contributed by atoms with Crippen molar-refractivity contribution in [1.82, 2.24) is 15.1 Å². The fraction of sp³-hybridized carbons (Fsp3) is 0.727. The van der Waals surface area contributed by atoms with E-state index in [1.54, 1.807) is 0 Å². The smallest absolute Gasteiger partial charge is 0.0593 e. The third kappa shape index (κ3) is 4.42. The van der Waals surface area contributed by atoms with Crippen molar-refractivity contribution in [3.05, 3.63) is 18.0 Å². The van der Waals surface area contributed by atoms with Crippen molar-refractivity contribution in [1.29, 1.82) is 0 Å². The van der Waals surface area contributed by atoms with Gasteiger partial charge in [-0.1, -0.05) is 19.8 Å². The first kappa shape index (κ1) is 11.2. The second-order valence-corrected chi connectivity index (χ2v) is 3.68. The summed E-state index contributed by atoms with van der Waals surface area (Å²) in [5.41, 5.74) is 1.09. The highest BCUT2D eigenvalue weighted by Crippen LogP contribution is 1.92. The maximum Gasteiger partial charge on any atom is 0.0593 e. The largest absolute Gasteiger partial charge is 0.315 e. The van der Waals surface area contributed by atoms with E-state index in [-0.39, 0.29) is 0 Å². The molecule has 0 spiro atoms. The van der Waals surface area contributed by atoms with Crippen molar-refractivity contribution in [2.45, 2.75) is 39.7 Å². The third-order valence-corrected chi connectivity index (χ3v) is 2.25. The number of aromatic nitrogens is 2. The Balaban J connectivity index is 1.99. The molecule has 0 saturated carbocycles. The van der Waals surface area contributed by atoms with E-state index < -0.39 is 0 Å². The molecule has 1 aromatic rings. The monoisotopic (exact) mass is 195 g/mol. The molecule has 1 heterocycles. The summed E-state index contributed by atoms with van der Waals surface area (Å²) in [7, 11) is 0. The van der Waals surface area contributed by atoms with Crippen LogP contribution in [-0.2, 0) is 6.54 Å². The number of aryl methyl sites for hydroxylation is 1. The molecule has 3 nitrogen and oxygen atoms in total. The number of hydrogen-bond acceptors (Lipinski definition) is 2. The lowest BCUT2D eigenvalue weighted by Crippen LogP contribution is -2.21. The fourth-order valence-corrected chi connectivity index (χ4v) is 1.41. The Morgan fingerprint density at radius 2 is 2.21 bits per heavy atom. The van der Waals surface area contributed by atoms with E-state index in [0.29, 0.717) is 0 Å². The zero-order valence-electron chi connectivity index (χ0n) is 9.29. The molecule has 0 atom stereocenters. The van der Waals surface area contributed by atoms with Crippen LogP contribution in [0.1, 0.15) is 31.9 Å². The minimum atomic E-state index is 0.972. The second kappa shape index (κ2) is 6.60. The Kier molecular flexibility index (Phi) is 5.30. The molecule has 1 N–H and O–H groups in total. The van der Waals surface area contributed by atoms with Gasteiger partial charge in [-0.2, -0.15) is 5.10 Å². The van der Waals surface area contributed by atoms with Gasteiger partial charge in [0.2, 0.25) is 0 Å². The van der Waals surface area contributed by atoms with Gasteiger partial charge in [0.05, 0.1) is 12.2 Å². The fourth-order valence-electron chi connectivity index (χ4n) is 1.41. The third-order valence-electron chi connectivity index (χ3n) is 2.25. The summed E-state index contributed by atoms with van der Waals surface area (Å²) in [6.07, 6.45) is 5.94. The van der Waals surface area contributed by atoms with Gasteiger partial charge in [0.15, 0.2) is 0 Å². The normalized spacial score (nSPS) is 10.7. The standard InChI is InChI=1S/C11H21N3/c1-3-4-5-7-12-8-10-14-9-6-11(2)13-14/h6,9,12H,3-5,7-8,10H2,1-2H3. The Morgan fingerprint density at radius 3 is 2.86 bits per heavy atom. The summed E-state index contributed by atoms with van der Waals surface area (Å²) in [5, 5.41) is 7.74. The maximum atomic E-state index is 4.32. The minimum absolute atomic E-state index is 0.972. The topological polar surface area (TPSA) is 29.9 Å². The Labute approximate surface area is 86.5 Å². The first-order chi connectivity index (χ1) is 6.83. The van der Waals surface area contributed by atoms with Crippen LogP contribution >= 0.6 is 0 Å². The molecule has 3 heteroatoms. The first-order valence-corrected chi connectivity index (χ1v) is 5.53. The molecule has 80 valence electrons. The molecule has 0 bridgehead atoms. The summed E-state index contributed by atoms with van der Waals surface area (Å²) in [6, 6.07) is 2.04. The molecule has 0 amide bonds. The number of nitrogens with zero attached hydrogens (tertiary/aromatic N) is 2. The van der Waals surface area contributed by atoms with Gasteiger partial charge in [0.1, 0.15) is 0 Å². The number of rotatable bonds is 7. The minimum Gasteiger partial charge on any atom is -0.315 e. The van der Waals surface area contributed by atoms with Gasteiger partial charge in [-0.15, -0.1) is 0 Å². The Bertz CT molecular complexity index is 242. The quantitative estimate of drug-likeness (QED) is 0.674. The molecule has 0 fully saturated rings. The summed E-state index contributed by atoms with van der Waals surface area (Å²) in [6.45, 7) is 7.37. The molecule has 14 heavy (non-hydrogen) atoms. The van der Waals surface area contributed by atoms with E-state index in [9.17, 15) is 0 Å². The number of nitrogens with one attached hydrogen (secondary N) is 1. The number of unbranched alkanes of at least 4 members (excludes halogenated alkanes) is 2. The van der Waals surface area contributed by atoms with Crippen LogP contribution in [0, 0.1) is 6.92 Å². The van der Waals surface area contributed by atoms with Crippen molar-refractivity contribution < 1.29 is 0 Å². The van der Waals surface area contributed by atoms with E-state index in [2.05, 4.69) is 17.3 Å². The molecule has 1 rings (SSSR count). The maximum absolute atomic E-state index is 4.32. The van der Waals surface area contributed by atoms with Crippen LogP contribution < -0.4 is 5.32 Å². The zero-order chi connectivity index (χ0) is 10.2. The highest BCUT2D eigenvalue weighted by atomic mass is 15.3. The molecule has 0 radical (unpaired) electrons. The van der Waals surface area contributed by atoms with Gasteiger partial charge in [-0.05, 0) is 26.0 Å². The van der Waals surface area contributed by atoms with Crippen molar-refractivity contribution in [3.63, 3.8) is 0 Å². The van der Waals surface area contributed by atoms with E-state index in [4.69, 9.17) is 0 Å². The molecule has 0 aromatic carbocycles. The summed E-state index contributed by atoms with van der Waals surface area (Å²) < 4.78 is 1.99. The van der Waals surface area contributed by atoms with Gasteiger partial charge in [-0.3, -0.25) is 4.68 Å². The van der Waals surface area contributed by atoms with Crippen LogP contribution in [0.5, 0.6) is 0 Å².